The smallest absolute Gasteiger partial charge is 0.220 e. The molecule has 0 saturated heterocycles. The number of carbonyl (C=O) groups excluding carboxylic acids is 1. The largest absolute Gasteiger partial charge is 0.504 e. The summed E-state index contributed by atoms with van der Waals surface area (Å²) >= 11 is 0. The van der Waals surface area contributed by atoms with E-state index >= 15 is 0 Å². The Balaban J connectivity index is 2.24. The van der Waals surface area contributed by atoms with Gasteiger partial charge in [-0.3, -0.25) is 4.79 Å². The average Bonchev–Trinajstić information content (AvgIpc) is 2.49. The summed E-state index contributed by atoms with van der Waals surface area (Å²) in [7, 11) is 1.50. The van der Waals surface area contributed by atoms with Crippen LogP contribution < -0.4 is 10.1 Å². The van der Waals surface area contributed by atoms with Gasteiger partial charge in [-0.1, -0.05) is 32.1 Å². The molecule has 0 radical (unpaired) electrons. The number of phenols is 1. The van der Waals surface area contributed by atoms with Crippen LogP contribution in [0.4, 0.5) is 0 Å². The quantitative estimate of drug-likeness (QED) is 0.539. The molecule has 0 aliphatic heterocycles. The summed E-state index contributed by atoms with van der Waals surface area (Å²) in [6.45, 7) is 4.82. The molecular formula is C18H27NO3. The Labute approximate surface area is 133 Å². The number of phenolic OH excluding ortho intramolecular Hbond substituents is 1. The molecule has 0 bridgehead atoms. The molecule has 0 heterocycles. The lowest BCUT2D eigenvalue weighted by Crippen LogP contribution is -2.22. The molecule has 0 aromatic heterocycles. The minimum Gasteiger partial charge on any atom is -0.504 e. The SMILES string of the molecule is COc1cc(CNC(=O)CCC/C=C/CC(C)C)ccc1O. The van der Waals surface area contributed by atoms with E-state index in [9.17, 15) is 9.90 Å². The van der Waals surface area contributed by atoms with Crippen LogP contribution in [0.25, 0.3) is 0 Å². The first-order valence-corrected chi connectivity index (χ1v) is 7.80. The third-order valence-electron chi connectivity index (χ3n) is 3.28. The van der Waals surface area contributed by atoms with Crippen LogP contribution in [0.1, 0.15) is 45.1 Å². The summed E-state index contributed by atoms with van der Waals surface area (Å²) in [4.78, 5) is 11.8. The number of ether oxygens (including phenoxy) is 1. The maximum atomic E-state index is 11.8. The van der Waals surface area contributed by atoms with E-state index in [0.29, 0.717) is 24.6 Å². The third-order valence-corrected chi connectivity index (χ3v) is 3.28. The minimum atomic E-state index is 0.0456. The van der Waals surface area contributed by atoms with Crippen LogP contribution in [-0.4, -0.2) is 18.1 Å². The maximum absolute atomic E-state index is 11.8. The molecule has 0 spiro atoms. The van der Waals surface area contributed by atoms with E-state index in [0.717, 1.165) is 24.8 Å². The van der Waals surface area contributed by atoms with Gasteiger partial charge in [0.2, 0.25) is 5.91 Å². The predicted molar refractivity (Wildman–Crippen MR) is 89.0 cm³/mol. The number of hydrogen-bond acceptors (Lipinski definition) is 3. The van der Waals surface area contributed by atoms with Crippen LogP contribution in [0.15, 0.2) is 30.4 Å². The fourth-order valence-electron chi connectivity index (χ4n) is 1.99. The fraction of sp³-hybridized carbons (Fsp3) is 0.500. The zero-order chi connectivity index (χ0) is 16.4. The molecule has 1 rings (SSSR count). The monoisotopic (exact) mass is 305 g/mol. The van der Waals surface area contributed by atoms with E-state index < -0.39 is 0 Å². The summed E-state index contributed by atoms with van der Waals surface area (Å²) in [6, 6.07) is 5.07. The number of aromatic hydroxyl groups is 1. The number of rotatable bonds is 9. The maximum Gasteiger partial charge on any atom is 0.220 e. The van der Waals surface area contributed by atoms with Crippen molar-refractivity contribution < 1.29 is 14.6 Å². The highest BCUT2D eigenvalue weighted by atomic mass is 16.5. The van der Waals surface area contributed by atoms with Crippen LogP contribution in [0.2, 0.25) is 0 Å². The lowest BCUT2D eigenvalue weighted by molar-refractivity contribution is -0.121. The van der Waals surface area contributed by atoms with Gasteiger partial charge in [-0.25, -0.2) is 0 Å². The van der Waals surface area contributed by atoms with Crippen LogP contribution >= 0.6 is 0 Å². The normalized spacial score (nSPS) is 11.1. The van der Waals surface area contributed by atoms with Gasteiger partial charge >= 0.3 is 0 Å². The Bertz CT molecular complexity index is 495. The molecular weight excluding hydrogens is 278 g/mol. The van der Waals surface area contributed by atoms with Gasteiger partial charge in [0.1, 0.15) is 0 Å². The van der Waals surface area contributed by atoms with Crippen molar-refractivity contribution >= 4 is 5.91 Å². The molecule has 1 amide bonds. The highest BCUT2D eigenvalue weighted by Gasteiger charge is 2.04. The van der Waals surface area contributed by atoms with Crippen molar-refractivity contribution in [3.8, 4) is 11.5 Å². The molecule has 1 aromatic carbocycles. The number of carbonyl (C=O) groups is 1. The Kier molecular flexibility index (Phi) is 8.11. The fourth-order valence-corrected chi connectivity index (χ4v) is 1.99. The molecule has 122 valence electrons. The van der Waals surface area contributed by atoms with Crippen LogP contribution in [0.5, 0.6) is 11.5 Å². The molecule has 0 unspecified atom stereocenters. The Morgan fingerprint density at radius 3 is 2.82 bits per heavy atom. The van der Waals surface area contributed by atoms with Gasteiger partial charge in [0.15, 0.2) is 11.5 Å². The van der Waals surface area contributed by atoms with Gasteiger partial charge in [0.05, 0.1) is 7.11 Å². The first kappa shape index (κ1) is 18.1. The number of hydrogen-bond donors (Lipinski definition) is 2. The highest BCUT2D eigenvalue weighted by Crippen LogP contribution is 2.26. The van der Waals surface area contributed by atoms with Crippen molar-refractivity contribution in [1.82, 2.24) is 5.32 Å². The van der Waals surface area contributed by atoms with Crippen molar-refractivity contribution in [3.05, 3.63) is 35.9 Å². The zero-order valence-corrected chi connectivity index (χ0v) is 13.8. The first-order chi connectivity index (χ1) is 10.5. The van der Waals surface area contributed by atoms with Gasteiger partial charge in [-0.15, -0.1) is 0 Å². The van der Waals surface area contributed by atoms with E-state index in [4.69, 9.17) is 4.74 Å². The molecule has 1 aromatic rings. The number of methoxy groups -OCH3 is 1. The second-order valence-electron chi connectivity index (χ2n) is 5.78. The van der Waals surface area contributed by atoms with Crippen molar-refractivity contribution in [1.29, 1.82) is 0 Å². The van der Waals surface area contributed by atoms with Gasteiger partial charge in [0.25, 0.3) is 0 Å². The summed E-state index contributed by atoms with van der Waals surface area (Å²) in [5, 5.41) is 12.4. The molecule has 0 atom stereocenters. The van der Waals surface area contributed by atoms with Crippen molar-refractivity contribution in [3.63, 3.8) is 0 Å². The second-order valence-corrected chi connectivity index (χ2v) is 5.78. The molecule has 22 heavy (non-hydrogen) atoms. The molecule has 0 aliphatic rings. The highest BCUT2D eigenvalue weighted by molar-refractivity contribution is 5.75. The molecule has 0 aliphatic carbocycles. The van der Waals surface area contributed by atoms with Gasteiger partial charge in [-0.05, 0) is 42.9 Å². The third kappa shape index (κ3) is 7.16. The molecule has 0 saturated carbocycles. The number of amides is 1. The summed E-state index contributed by atoms with van der Waals surface area (Å²) in [5.74, 6) is 1.25. The van der Waals surface area contributed by atoms with Crippen molar-refractivity contribution in [2.24, 2.45) is 5.92 Å². The molecule has 4 nitrogen and oxygen atoms in total. The van der Waals surface area contributed by atoms with Crippen molar-refractivity contribution in [2.75, 3.05) is 7.11 Å². The lowest BCUT2D eigenvalue weighted by Gasteiger charge is -2.08. The molecule has 0 fully saturated rings. The predicted octanol–water partition coefficient (Wildman–Crippen LogP) is 3.79. The van der Waals surface area contributed by atoms with Gasteiger partial charge in [-0.2, -0.15) is 0 Å². The number of benzene rings is 1. The molecule has 4 heteroatoms. The Morgan fingerprint density at radius 2 is 2.14 bits per heavy atom. The van der Waals surface area contributed by atoms with Gasteiger partial charge < -0.3 is 15.2 Å². The van der Waals surface area contributed by atoms with Crippen LogP contribution in [0, 0.1) is 5.92 Å². The van der Waals surface area contributed by atoms with E-state index in [1.165, 1.54) is 7.11 Å². The minimum absolute atomic E-state index is 0.0456. The van der Waals surface area contributed by atoms with Crippen LogP contribution in [0.3, 0.4) is 0 Å². The number of nitrogens with one attached hydrogen (secondary N) is 1. The van der Waals surface area contributed by atoms with E-state index in [1.807, 2.05) is 0 Å². The summed E-state index contributed by atoms with van der Waals surface area (Å²) < 4.78 is 5.04. The Morgan fingerprint density at radius 1 is 1.36 bits per heavy atom. The standard InChI is InChI=1S/C18H27NO3/c1-14(2)8-6-4-5-7-9-18(21)19-13-15-10-11-16(20)17(12-15)22-3/h4,6,10-12,14,20H,5,7-9,13H2,1-3H3,(H,19,21)/b6-4+. The van der Waals surface area contributed by atoms with Crippen LogP contribution in [-0.2, 0) is 11.3 Å². The van der Waals surface area contributed by atoms with Gasteiger partial charge in [0, 0.05) is 13.0 Å². The van der Waals surface area contributed by atoms with E-state index in [1.54, 1.807) is 18.2 Å². The zero-order valence-electron chi connectivity index (χ0n) is 13.8. The molecule has 2 N–H and O–H groups in total. The van der Waals surface area contributed by atoms with E-state index in [2.05, 4.69) is 31.3 Å². The average molecular weight is 305 g/mol. The number of allylic oxidation sites excluding steroid dienone is 2. The lowest BCUT2D eigenvalue weighted by atomic mass is 10.1. The Hall–Kier alpha value is -1.97. The van der Waals surface area contributed by atoms with Crippen molar-refractivity contribution in [2.45, 2.75) is 46.1 Å². The summed E-state index contributed by atoms with van der Waals surface area (Å²) in [6.07, 6.45) is 7.76. The second kappa shape index (κ2) is 9.87. The van der Waals surface area contributed by atoms with E-state index in [-0.39, 0.29) is 11.7 Å². The topological polar surface area (TPSA) is 58.6 Å². The number of unbranched alkanes of at least 4 members (excludes halogenated alkanes) is 1. The summed E-state index contributed by atoms with van der Waals surface area (Å²) in [5.41, 5.74) is 0.903. The first-order valence-electron chi connectivity index (χ1n) is 7.80.